The van der Waals surface area contributed by atoms with Crippen molar-refractivity contribution >= 4 is 46.4 Å². The molecule has 0 aliphatic rings. The summed E-state index contributed by atoms with van der Waals surface area (Å²) in [7, 11) is 0. The van der Waals surface area contributed by atoms with Crippen molar-refractivity contribution in [2.75, 3.05) is 13.1 Å². The molecule has 0 bridgehead atoms. The fourth-order valence-electron chi connectivity index (χ4n) is 3.36. The number of fused-ring (bicyclic) bond motifs is 1. The summed E-state index contributed by atoms with van der Waals surface area (Å²) in [5.41, 5.74) is 18.6. The topological polar surface area (TPSA) is 185 Å². The minimum atomic E-state index is -0.603. The lowest BCUT2D eigenvalue weighted by atomic mass is 9.98. The third-order valence-electron chi connectivity index (χ3n) is 5.06. The van der Waals surface area contributed by atoms with Gasteiger partial charge in [-0.05, 0) is 47.2 Å². The molecule has 0 aromatic heterocycles. The number of esters is 1. The van der Waals surface area contributed by atoms with E-state index in [-0.39, 0.29) is 23.9 Å². The first-order valence-corrected chi connectivity index (χ1v) is 11.0. The van der Waals surface area contributed by atoms with Gasteiger partial charge in [-0.25, -0.2) is 15.2 Å². The zero-order valence-electron chi connectivity index (χ0n) is 19.6. The number of rotatable bonds is 11. The molecule has 11 heteroatoms. The molecule has 0 aliphatic carbocycles. The Bertz CT molecular complexity index is 1320. The van der Waals surface area contributed by atoms with Gasteiger partial charge in [-0.2, -0.15) is 0 Å². The highest BCUT2D eigenvalue weighted by Gasteiger charge is 2.16. The van der Waals surface area contributed by atoms with Crippen molar-refractivity contribution in [1.82, 2.24) is 16.2 Å². The van der Waals surface area contributed by atoms with Crippen molar-refractivity contribution in [3.8, 4) is 5.75 Å². The summed E-state index contributed by atoms with van der Waals surface area (Å²) in [4.78, 5) is 39.5. The molecule has 3 aromatic carbocycles. The largest absolute Gasteiger partial charge is 0.423 e. The number of hydrogen-bond donors (Lipinski definition) is 6. The highest BCUT2D eigenvalue weighted by atomic mass is 16.5. The molecular weight excluding hydrogens is 462 g/mol. The number of carbonyl (C=O) groups is 3. The van der Waals surface area contributed by atoms with Crippen molar-refractivity contribution in [3.05, 3.63) is 71.3 Å². The van der Waals surface area contributed by atoms with Crippen molar-refractivity contribution in [2.45, 2.75) is 13.3 Å². The minimum Gasteiger partial charge on any atom is -0.423 e. The number of hydrogen-bond acceptors (Lipinski definition) is 7. The average Bonchev–Trinajstić information content (AvgIpc) is 2.84. The van der Waals surface area contributed by atoms with Crippen LogP contribution in [0.25, 0.3) is 10.8 Å². The number of amidine groups is 1. The summed E-state index contributed by atoms with van der Waals surface area (Å²) < 4.78 is 5.61. The van der Waals surface area contributed by atoms with E-state index in [0.29, 0.717) is 40.9 Å². The molecule has 186 valence electrons. The molecule has 0 spiro atoms. The third kappa shape index (κ3) is 7.11. The molecule has 2 amide bonds. The van der Waals surface area contributed by atoms with Gasteiger partial charge in [-0.3, -0.25) is 15.0 Å². The van der Waals surface area contributed by atoms with Gasteiger partial charge in [-0.15, -0.1) is 0 Å². The number of carbonyl (C=O) groups excluding carboxylic acids is 3. The molecule has 11 nitrogen and oxygen atoms in total. The Labute approximate surface area is 207 Å². The molecule has 0 saturated carbocycles. The van der Waals surface area contributed by atoms with E-state index in [1.54, 1.807) is 54.6 Å². The Morgan fingerprint density at radius 1 is 1.00 bits per heavy atom. The maximum Gasteiger partial charge on any atom is 0.343 e. The SMILES string of the molecule is CC(=O)NCCNNC=Nc1ccc(C(=O)Oc2ccc3cc(C(=N)N)ccc3c2CC(N)=O)cc1. The van der Waals surface area contributed by atoms with Gasteiger partial charge in [0.05, 0.1) is 17.7 Å². The number of primary amides is 1. The summed E-state index contributed by atoms with van der Waals surface area (Å²) in [5.74, 6) is -1.13. The Hall–Kier alpha value is -4.77. The number of nitrogens with two attached hydrogens (primary N) is 2. The first kappa shape index (κ1) is 25.8. The molecule has 0 heterocycles. The Kier molecular flexibility index (Phi) is 8.68. The summed E-state index contributed by atoms with van der Waals surface area (Å²) >= 11 is 0. The molecule has 0 radical (unpaired) electrons. The second-order valence-electron chi connectivity index (χ2n) is 7.78. The number of nitrogen functional groups attached to an aromatic ring is 1. The number of hydrazine groups is 1. The van der Waals surface area contributed by atoms with Crippen LogP contribution in [0.4, 0.5) is 5.69 Å². The van der Waals surface area contributed by atoms with Gasteiger partial charge in [0.1, 0.15) is 17.9 Å². The molecule has 0 atom stereocenters. The molecular formula is C25H27N7O4. The van der Waals surface area contributed by atoms with E-state index in [1.807, 2.05) is 0 Å². The number of nitrogens with one attached hydrogen (secondary N) is 4. The van der Waals surface area contributed by atoms with E-state index in [2.05, 4.69) is 21.2 Å². The van der Waals surface area contributed by atoms with Gasteiger partial charge in [0.2, 0.25) is 11.8 Å². The predicted octanol–water partition coefficient (Wildman–Crippen LogP) is 1.26. The second-order valence-corrected chi connectivity index (χ2v) is 7.78. The van der Waals surface area contributed by atoms with Crippen LogP contribution in [0, 0.1) is 5.41 Å². The molecule has 36 heavy (non-hydrogen) atoms. The van der Waals surface area contributed by atoms with Crippen LogP contribution < -0.4 is 32.4 Å². The lowest BCUT2D eigenvalue weighted by Gasteiger charge is -2.13. The zero-order valence-corrected chi connectivity index (χ0v) is 19.6. The number of amides is 2. The van der Waals surface area contributed by atoms with Crippen LogP contribution in [0.1, 0.15) is 28.4 Å². The second kappa shape index (κ2) is 12.1. The van der Waals surface area contributed by atoms with E-state index in [1.165, 1.54) is 13.3 Å². The molecule has 0 unspecified atom stereocenters. The number of nitrogens with zero attached hydrogens (tertiary/aromatic N) is 1. The van der Waals surface area contributed by atoms with Crippen molar-refractivity contribution in [3.63, 3.8) is 0 Å². The fraction of sp³-hybridized carbons (Fsp3) is 0.160. The van der Waals surface area contributed by atoms with Crippen LogP contribution in [0.3, 0.4) is 0 Å². The van der Waals surface area contributed by atoms with E-state index in [0.717, 1.165) is 5.39 Å². The molecule has 3 aromatic rings. The van der Waals surface area contributed by atoms with Crippen LogP contribution in [0.2, 0.25) is 0 Å². The molecule has 0 saturated heterocycles. The van der Waals surface area contributed by atoms with E-state index < -0.39 is 11.9 Å². The van der Waals surface area contributed by atoms with Gasteiger partial charge < -0.3 is 26.9 Å². The Morgan fingerprint density at radius 2 is 1.72 bits per heavy atom. The molecule has 8 N–H and O–H groups in total. The number of ether oxygens (including phenoxy) is 1. The smallest absolute Gasteiger partial charge is 0.343 e. The maximum absolute atomic E-state index is 12.8. The van der Waals surface area contributed by atoms with Gasteiger partial charge in [0.15, 0.2) is 0 Å². The number of benzene rings is 3. The average molecular weight is 490 g/mol. The summed E-state index contributed by atoms with van der Waals surface area (Å²) in [5, 5.41) is 11.7. The van der Waals surface area contributed by atoms with Crippen molar-refractivity contribution < 1.29 is 19.1 Å². The Balaban J connectivity index is 1.69. The zero-order chi connectivity index (χ0) is 26.1. The lowest BCUT2D eigenvalue weighted by molar-refractivity contribution is -0.119. The van der Waals surface area contributed by atoms with Crippen LogP contribution >= 0.6 is 0 Å². The van der Waals surface area contributed by atoms with Gasteiger partial charge in [-0.1, -0.05) is 18.2 Å². The standard InChI is InChI=1S/C25H27N7O4/c1-15(33)29-10-11-31-32-14-30-19-6-2-16(3-7-19)25(35)36-22-9-5-17-12-18(24(27)28)4-8-20(17)21(22)13-23(26)34/h2-9,12,14,31H,10-11,13H2,1H3,(H2,26,34)(H3,27,28)(H,29,33)(H,30,32). The third-order valence-corrected chi connectivity index (χ3v) is 5.06. The van der Waals surface area contributed by atoms with Gasteiger partial charge >= 0.3 is 5.97 Å². The fourth-order valence-corrected chi connectivity index (χ4v) is 3.36. The normalized spacial score (nSPS) is 10.8. The van der Waals surface area contributed by atoms with E-state index >= 15 is 0 Å². The maximum atomic E-state index is 12.8. The summed E-state index contributed by atoms with van der Waals surface area (Å²) in [6.07, 6.45) is 1.32. The van der Waals surface area contributed by atoms with Crippen LogP contribution in [0.5, 0.6) is 5.75 Å². The van der Waals surface area contributed by atoms with Crippen LogP contribution in [-0.4, -0.2) is 43.0 Å². The lowest BCUT2D eigenvalue weighted by Crippen LogP contribution is -2.37. The minimum absolute atomic E-state index is 0.0781. The highest BCUT2D eigenvalue weighted by molar-refractivity contribution is 6.01. The van der Waals surface area contributed by atoms with Crippen molar-refractivity contribution in [2.24, 2.45) is 16.5 Å². The number of aliphatic imine (C=N–C) groups is 1. The van der Waals surface area contributed by atoms with Gasteiger partial charge in [0.25, 0.3) is 0 Å². The predicted molar refractivity (Wildman–Crippen MR) is 137 cm³/mol. The molecule has 3 rings (SSSR count). The van der Waals surface area contributed by atoms with E-state index in [4.69, 9.17) is 21.6 Å². The first-order valence-electron chi connectivity index (χ1n) is 11.0. The Morgan fingerprint density at radius 3 is 2.39 bits per heavy atom. The monoisotopic (exact) mass is 489 g/mol. The van der Waals surface area contributed by atoms with Gasteiger partial charge in [0, 0.05) is 31.1 Å². The summed E-state index contributed by atoms with van der Waals surface area (Å²) in [6, 6.07) is 14.9. The van der Waals surface area contributed by atoms with Crippen LogP contribution in [-0.2, 0) is 16.0 Å². The van der Waals surface area contributed by atoms with Crippen LogP contribution in [0.15, 0.2) is 59.6 Å². The molecule has 0 fully saturated rings. The van der Waals surface area contributed by atoms with Crippen molar-refractivity contribution in [1.29, 1.82) is 5.41 Å². The quantitative estimate of drug-likeness (QED) is 0.0584. The molecule has 0 aliphatic heterocycles. The first-order chi connectivity index (χ1) is 17.2. The summed E-state index contributed by atoms with van der Waals surface area (Å²) in [6.45, 7) is 2.44. The highest BCUT2D eigenvalue weighted by Crippen LogP contribution is 2.30. The van der Waals surface area contributed by atoms with E-state index in [9.17, 15) is 14.4 Å².